The van der Waals surface area contributed by atoms with Crippen LogP contribution in [0.3, 0.4) is 0 Å². The maximum atomic E-state index is 13.0. The Hall–Kier alpha value is -3.32. The molecule has 3 aromatic rings. The molecule has 1 aromatic heterocycles. The van der Waals surface area contributed by atoms with Crippen LogP contribution in [0.4, 0.5) is 5.13 Å². The zero-order valence-electron chi connectivity index (χ0n) is 21.8. The number of anilines is 1. The summed E-state index contributed by atoms with van der Waals surface area (Å²) in [5, 5.41) is 29.6. The summed E-state index contributed by atoms with van der Waals surface area (Å²) in [7, 11) is -3.57. The van der Waals surface area contributed by atoms with Gasteiger partial charge in [0, 0.05) is 10.9 Å². The Labute approximate surface area is 232 Å². The Bertz CT molecular complexity index is 1320. The number of benzene rings is 2. The molecule has 10 nitrogen and oxygen atoms in total. The van der Waals surface area contributed by atoms with E-state index in [1.165, 1.54) is 5.38 Å². The summed E-state index contributed by atoms with van der Waals surface area (Å²) in [4.78, 5) is 29.9. The van der Waals surface area contributed by atoms with E-state index in [9.17, 15) is 28.2 Å². The number of aliphatic hydroxyl groups excluding tert-OH is 2. The first-order chi connectivity index (χ1) is 18.6. The summed E-state index contributed by atoms with van der Waals surface area (Å²) >= 11 is 0.948. The lowest BCUT2D eigenvalue weighted by atomic mass is 9.91. The van der Waals surface area contributed by atoms with E-state index in [0.717, 1.165) is 29.6 Å². The second-order valence-corrected chi connectivity index (χ2v) is 11.9. The molecule has 0 saturated carbocycles. The smallest absolute Gasteiger partial charge is 0.271 e. The molecule has 0 fully saturated rings. The lowest BCUT2D eigenvalue weighted by Crippen LogP contribution is -2.56. The first-order valence-electron chi connectivity index (χ1n) is 12.6. The van der Waals surface area contributed by atoms with Crippen molar-refractivity contribution in [3.63, 3.8) is 0 Å². The normalized spacial score (nSPS) is 14.6. The maximum absolute atomic E-state index is 13.0. The standard InChI is InChI=1S/C27H34N4O6S2/c1-3-4-15-20(28-25(34)19-13-9-6-10-14-19)23(32)24(33)21(16-18-11-7-5-8-12-18)29-26(35)22-17-38-27(30-22)31-39(2,36)37/h5-14,17,20-21,23-24,32-33H,3-4,15-16H2,1-2H3,(H,28,34)(H,29,35)(H,30,31)/t20-,21+,23-,24-/m1/s1. The number of rotatable bonds is 14. The van der Waals surface area contributed by atoms with Crippen molar-refractivity contribution in [3.8, 4) is 0 Å². The Morgan fingerprint density at radius 2 is 1.51 bits per heavy atom. The molecule has 3 rings (SSSR count). The zero-order valence-corrected chi connectivity index (χ0v) is 23.4. The topological polar surface area (TPSA) is 158 Å². The van der Waals surface area contributed by atoms with E-state index in [2.05, 4.69) is 20.3 Å². The number of unbranched alkanes of at least 4 members (excludes halogenated alkanes) is 1. The molecule has 0 aliphatic carbocycles. The molecule has 4 atom stereocenters. The van der Waals surface area contributed by atoms with Gasteiger partial charge in [0.2, 0.25) is 10.0 Å². The first kappa shape index (κ1) is 30.2. The van der Waals surface area contributed by atoms with E-state index in [1.807, 2.05) is 37.3 Å². The Morgan fingerprint density at radius 1 is 0.923 bits per heavy atom. The largest absolute Gasteiger partial charge is 0.388 e. The summed E-state index contributed by atoms with van der Waals surface area (Å²) in [5.41, 5.74) is 1.20. The second kappa shape index (κ2) is 14.2. The number of amides is 2. The van der Waals surface area contributed by atoms with Crippen molar-refractivity contribution in [3.05, 3.63) is 82.9 Å². The molecule has 210 valence electrons. The van der Waals surface area contributed by atoms with Crippen LogP contribution in [-0.2, 0) is 16.4 Å². The Morgan fingerprint density at radius 3 is 2.13 bits per heavy atom. The number of thiazole rings is 1. The van der Waals surface area contributed by atoms with Crippen molar-refractivity contribution in [2.24, 2.45) is 0 Å². The number of carbonyl (C=O) groups is 2. The highest BCUT2D eigenvalue weighted by molar-refractivity contribution is 7.92. The van der Waals surface area contributed by atoms with Gasteiger partial charge in [0.15, 0.2) is 5.13 Å². The number of nitrogens with zero attached hydrogens (tertiary/aromatic N) is 1. The summed E-state index contributed by atoms with van der Waals surface area (Å²) < 4.78 is 25.2. The van der Waals surface area contributed by atoms with E-state index < -0.39 is 40.2 Å². The number of aliphatic hydroxyl groups is 2. The van der Waals surface area contributed by atoms with Crippen molar-refractivity contribution in [1.29, 1.82) is 0 Å². The second-order valence-electron chi connectivity index (χ2n) is 9.25. The SMILES string of the molecule is CCCC[C@@H](NC(=O)c1ccccc1)[C@@H](O)[C@H](O)[C@H](Cc1ccccc1)NC(=O)c1csc(NS(C)(=O)=O)n1. The van der Waals surface area contributed by atoms with E-state index in [-0.39, 0.29) is 23.2 Å². The monoisotopic (exact) mass is 574 g/mol. The van der Waals surface area contributed by atoms with E-state index in [4.69, 9.17) is 0 Å². The Kier molecular flexibility index (Phi) is 11.0. The summed E-state index contributed by atoms with van der Waals surface area (Å²) in [6.07, 6.45) is 0.276. The van der Waals surface area contributed by atoms with Crippen molar-refractivity contribution < 1.29 is 28.2 Å². The maximum Gasteiger partial charge on any atom is 0.271 e. The molecular formula is C27H34N4O6S2. The molecule has 0 aliphatic rings. The van der Waals surface area contributed by atoms with Crippen LogP contribution in [-0.4, -0.2) is 66.0 Å². The van der Waals surface area contributed by atoms with Gasteiger partial charge >= 0.3 is 0 Å². The Balaban J connectivity index is 1.81. The van der Waals surface area contributed by atoms with Crippen molar-refractivity contribution in [2.75, 3.05) is 11.0 Å². The number of sulfonamides is 1. The summed E-state index contributed by atoms with van der Waals surface area (Å²) in [5.74, 6) is -1.02. The molecule has 0 spiro atoms. The fourth-order valence-corrected chi connectivity index (χ4v) is 5.56. The molecule has 0 saturated heterocycles. The van der Waals surface area contributed by atoms with Gasteiger partial charge in [0.1, 0.15) is 17.9 Å². The van der Waals surface area contributed by atoms with Crippen molar-refractivity contribution in [2.45, 2.75) is 56.9 Å². The number of aromatic nitrogens is 1. The fraction of sp³-hybridized carbons (Fsp3) is 0.370. The molecule has 12 heteroatoms. The fourth-order valence-electron chi connectivity index (χ4n) is 4.02. The van der Waals surface area contributed by atoms with Gasteiger partial charge in [-0.05, 0) is 30.5 Å². The number of carbonyl (C=O) groups excluding carboxylic acids is 2. The van der Waals surface area contributed by atoms with Gasteiger partial charge in [-0.25, -0.2) is 13.4 Å². The van der Waals surface area contributed by atoms with Gasteiger partial charge in [-0.2, -0.15) is 0 Å². The van der Waals surface area contributed by atoms with Gasteiger partial charge in [0.05, 0.1) is 18.3 Å². The van der Waals surface area contributed by atoms with Crippen LogP contribution in [0.2, 0.25) is 0 Å². The summed E-state index contributed by atoms with van der Waals surface area (Å²) in [6, 6.07) is 16.0. The van der Waals surface area contributed by atoms with Crippen molar-refractivity contribution >= 4 is 38.3 Å². The van der Waals surface area contributed by atoms with Gasteiger partial charge in [-0.1, -0.05) is 68.3 Å². The molecule has 2 amide bonds. The lowest BCUT2D eigenvalue weighted by molar-refractivity contribution is -0.0238. The molecule has 5 N–H and O–H groups in total. The van der Waals surface area contributed by atoms with Crippen LogP contribution < -0.4 is 15.4 Å². The van der Waals surface area contributed by atoms with Crippen LogP contribution >= 0.6 is 11.3 Å². The number of hydrogen-bond acceptors (Lipinski definition) is 8. The highest BCUT2D eigenvalue weighted by Crippen LogP contribution is 2.19. The van der Waals surface area contributed by atoms with Crippen LogP contribution in [0.5, 0.6) is 0 Å². The molecule has 1 heterocycles. The minimum Gasteiger partial charge on any atom is -0.388 e. The number of hydrogen-bond donors (Lipinski definition) is 5. The zero-order chi connectivity index (χ0) is 28.4. The third kappa shape index (κ3) is 9.43. The van der Waals surface area contributed by atoms with Gasteiger partial charge in [0.25, 0.3) is 11.8 Å². The first-order valence-corrected chi connectivity index (χ1v) is 15.3. The highest BCUT2D eigenvalue weighted by atomic mass is 32.2. The van der Waals surface area contributed by atoms with Crippen molar-refractivity contribution in [1.82, 2.24) is 15.6 Å². The molecule has 2 aromatic carbocycles. The minimum atomic E-state index is -3.57. The molecule has 39 heavy (non-hydrogen) atoms. The molecule has 0 bridgehead atoms. The predicted molar refractivity (Wildman–Crippen MR) is 151 cm³/mol. The van der Waals surface area contributed by atoms with Crippen LogP contribution in [0.25, 0.3) is 0 Å². The average Bonchev–Trinajstić information content (AvgIpc) is 3.37. The molecule has 0 aliphatic heterocycles. The quantitative estimate of drug-likeness (QED) is 0.198. The molecule has 0 unspecified atom stereocenters. The third-order valence-corrected chi connectivity index (χ3v) is 7.47. The molecular weight excluding hydrogens is 540 g/mol. The van der Waals surface area contributed by atoms with Crippen LogP contribution in [0.15, 0.2) is 66.0 Å². The van der Waals surface area contributed by atoms with E-state index in [1.54, 1.807) is 30.3 Å². The van der Waals surface area contributed by atoms with Crippen LogP contribution in [0, 0.1) is 0 Å². The van der Waals surface area contributed by atoms with Crippen LogP contribution in [0.1, 0.15) is 52.6 Å². The van der Waals surface area contributed by atoms with E-state index in [0.29, 0.717) is 18.4 Å². The van der Waals surface area contributed by atoms with E-state index >= 15 is 0 Å². The minimum absolute atomic E-state index is 0.0334. The average molecular weight is 575 g/mol. The van der Waals surface area contributed by atoms with Gasteiger partial charge in [-0.3, -0.25) is 14.3 Å². The highest BCUT2D eigenvalue weighted by Gasteiger charge is 2.34. The summed E-state index contributed by atoms with van der Waals surface area (Å²) in [6.45, 7) is 1.98. The van der Waals surface area contributed by atoms with Gasteiger partial charge < -0.3 is 20.8 Å². The molecule has 0 radical (unpaired) electrons. The number of nitrogens with one attached hydrogen (secondary N) is 3. The van der Waals surface area contributed by atoms with Gasteiger partial charge in [-0.15, -0.1) is 11.3 Å². The predicted octanol–water partition coefficient (Wildman–Crippen LogP) is 2.57. The lowest BCUT2D eigenvalue weighted by Gasteiger charge is -2.33. The third-order valence-electron chi connectivity index (χ3n) is 6.02.